The Bertz CT molecular complexity index is 991. The number of rotatable bonds is 7. The van der Waals surface area contributed by atoms with Gasteiger partial charge in [-0.1, -0.05) is 72.8 Å². The predicted octanol–water partition coefficient (Wildman–Crippen LogP) is 3.31. The molecule has 6 nitrogen and oxygen atoms in total. The summed E-state index contributed by atoms with van der Waals surface area (Å²) in [4.78, 5) is 24.5. The van der Waals surface area contributed by atoms with E-state index < -0.39 is 5.91 Å². The number of nitrogens with zero attached hydrogens (tertiary/aromatic N) is 1. The number of carbonyl (C=O) groups is 2. The lowest BCUT2D eigenvalue weighted by molar-refractivity contribution is -0.130. The zero-order chi connectivity index (χ0) is 21.2. The van der Waals surface area contributed by atoms with Gasteiger partial charge in [0.1, 0.15) is 11.8 Å². The molecule has 0 radical (unpaired) electrons. The van der Waals surface area contributed by atoms with Gasteiger partial charge in [-0.05, 0) is 23.3 Å². The number of hydrogen-bond acceptors (Lipinski definition) is 4. The van der Waals surface area contributed by atoms with Crippen LogP contribution in [0, 0.1) is 11.3 Å². The van der Waals surface area contributed by atoms with Gasteiger partial charge in [0.05, 0.1) is 5.56 Å². The summed E-state index contributed by atoms with van der Waals surface area (Å²) < 4.78 is 5.36. The Morgan fingerprint density at radius 3 is 1.93 bits per heavy atom. The molecule has 0 fully saturated rings. The Morgan fingerprint density at radius 1 is 0.800 bits per heavy atom. The van der Waals surface area contributed by atoms with E-state index in [1.54, 1.807) is 24.3 Å². The molecule has 0 bridgehead atoms. The van der Waals surface area contributed by atoms with Crippen LogP contribution in [0.3, 0.4) is 0 Å². The first kappa shape index (κ1) is 20.6. The largest absolute Gasteiger partial charge is 0.482 e. The van der Waals surface area contributed by atoms with Crippen LogP contribution >= 0.6 is 0 Å². The van der Waals surface area contributed by atoms with Crippen molar-refractivity contribution in [2.75, 3.05) is 6.61 Å². The normalized spacial score (nSPS) is 10.1. The third kappa shape index (κ3) is 5.69. The molecule has 3 aromatic rings. The maximum Gasteiger partial charge on any atom is 0.276 e. The summed E-state index contributed by atoms with van der Waals surface area (Å²) in [6, 6.07) is 28.1. The van der Waals surface area contributed by atoms with Gasteiger partial charge in [0.15, 0.2) is 6.61 Å². The molecular weight excluding hydrogens is 378 g/mol. The Kier molecular flexibility index (Phi) is 7.17. The van der Waals surface area contributed by atoms with Gasteiger partial charge in [-0.3, -0.25) is 20.4 Å². The summed E-state index contributed by atoms with van der Waals surface area (Å²) in [5, 5.41) is 9.04. The highest BCUT2D eigenvalue weighted by atomic mass is 16.5. The van der Waals surface area contributed by atoms with Crippen molar-refractivity contribution in [1.29, 1.82) is 5.26 Å². The first-order chi connectivity index (χ1) is 14.7. The summed E-state index contributed by atoms with van der Waals surface area (Å²) in [5.41, 5.74) is 7.15. The standard InChI is InChI=1S/C24H21N3O3/c25-16-20-13-7-8-14-22(20)30-17-24(29)27-26-23(28)15-21(18-9-3-1-4-10-18)19-11-5-2-6-12-19/h1-14,21H,15,17H2,(H,26,28)(H,27,29). The van der Waals surface area contributed by atoms with Crippen LogP contribution in [-0.4, -0.2) is 18.4 Å². The van der Waals surface area contributed by atoms with Crippen LogP contribution in [0.4, 0.5) is 0 Å². The number of ether oxygens (including phenoxy) is 1. The van der Waals surface area contributed by atoms with Gasteiger partial charge in [-0.25, -0.2) is 0 Å². The van der Waals surface area contributed by atoms with E-state index in [0.717, 1.165) is 11.1 Å². The first-order valence-electron chi connectivity index (χ1n) is 9.47. The molecule has 0 heterocycles. The Hall–Kier alpha value is -4.11. The van der Waals surface area contributed by atoms with E-state index in [1.807, 2.05) is 66.7 Å². The van der Waals surface area contributed by atoms with Gasteiger partial charge in [-0.15, -0.1) is 0 Å². The van der Waals surface area contributed by atoms with Crippen LogP contribution in [-0.2, 0) is 9.59 Å². The molecule has 3 rings (SSSR count). The van der Waals surface area contributed by atoms with Gasteiger partial charge < -0.3 is 4.74 Å². The number of nitrogens with one attached hydrogen (secondary N) is 2. The Balaban J connectivity index is 1.55. The Morgan fingerprint density at radius 2 is 1.33 bits per heavy atom. The lowest BCUT2D eigenvalue weighted by atomic mass is 9.88. The molecule has 2 N–H and O–H groups in total. The van der Waals surface area contributed by atoms with Crippen molar-refractivity contribution < 1.29 is 14.3 Å². The quantitative estimate of drug-likeness (QED) is 0.597. The molecule has 0 atom stereocenters. The molecule has 0 aliphatic heterocycles. The van der Waals surface area contributed by atoms with E-state index in [1.165, 1.54) is 0 Å². The van der Waals surface area contributed by atoms with Crippen LogP contribution in [0.25, 0.3) is 0 Å². The van der Waals surface area contributed by atoms with Crippen molar-refractivity contribution in [2.24, 2.45) is 0 Å². The molecule has 30 heavy (non-hydrogen) atoms. The van der Waals surface area contributed by atoms with Crippen molar-refractivity contribution in [3.8, 4) is 11.8 Å². The number of nitriles is 1. The molecule has 150 valence electrons. The third-order valence-electron chi connectivity index (χ3n) is 4.50. The molecule has 2 amide bonds. The average Bonchev–Trinajstić information content (AvgIpc) is 2.81. The zero-order valence-electron chi connectivity index (χ0n) is 16.2. The summed E-state index contributed by atoms with van der Waals surface area (Å²) in [6.07, 6.45) is 0.173. The highest BCUT2D eigenvalue weighted by Crippen LogP contribution is 2.27. The minimum absolute atomic E-state index is 0.136. The van der Waals surface area contributed by atoms with E-state index in [4.69, 9.17) is 10.00 Å². The maximum atomic E-state index is 12.5. The second kappa shape index (κ2) is 10.4. The van der Waals surface area contributed by atoms with Gasteiger partial charge in [0, 0.05) is 12.3 Å². The van der Waals surface area contributed by atoms with Crippen molar-refractivity contribution in [3.63, 3.8) is 0 Å². The van der Waals surface area contributed by atoms with Crippen molar-refractivity contribution in [3.05, 3.63) is 102 Å². The molecule has 0 unspecified atom stereocenters. The molecule has 0 spiro atoms. The van der Waals surface area contributed by atoms with Crippen LogP contribution in [0.15, 0.2) is 84.9 Å². The summed E-state index contributed by atoms with van der Waals surface area (Å²) in [6.45, 7) is -0.320. The lowest BCUT2D eigenvalue weighted by Gasteiger charge is -2.18. The number of carbonyl (C=O) groups excluding carboxylic acids is 2. The van der Waals surface area contributed by atoms with E-state index in [2.05, 4.69) is 10.9 Å². The number of amides is 2. The van der Waals surface area contributed by atoms with Crippen LogP contribution in [0.2, 0.25) is 0 Å². The molecule has 0 aliphatic carbocycles. The molecular formula is C24H21N3O3. The van der Waals surface area contributed by atoms with E-state index in [0.29, 0.717) is 11.3 Å². The fourth-order valence-electron chi connectivity index (χ4n) is 3.04. The van der Waals surface area contributed by atoms with Crippen LogP contribution in [0.1, 0.15) is 29.0 Å². The molecule has 0 aromatic heterocycles. The minimum Gasteiger partial charge on any atom is -0.482 e. The smallest absolute Gasteiger partial charge is 0.276 e. The Labute approximate surface area is 175 Å². The fraction of sp³-hybridized carbons (Fsp3) is 0.125. The number of benzene rings is 3. The fourth-order valence-corrected chi connectivity index (χ4v) is 3.04. The van der Waals surface area contributed by atoms with Crippen molar-refractivity contribution in [1.82, 2.24) is 10.9 Å². The lowest BCUT2D eigenvalue weighted by Crippen LogP contribution is -2.44. The van der Waals surface area contributed by atoms with Crippen molar-refractivity contribution >= 4 is 11.8 Å². The number of hydrogen-bond donors (Lipinski definition) is 2. The topological polar surface area (TPSA) is 91.2 Å². The monoisotopic (exact) mass is 399 g/mol. The predicted molar refractivity (Wildman–Crippen MR) is 112 cm³/mol. The second-order valence-electron chi connectivity index (χ2n) is 6.57. The summed E-state index contributed by atoms with van der Waals surface area (Å²) >= 11 is 0. The van der Waals surface area contributed by atoms with E-state index >= 15 is 0 Å². The highest BCUT2D eigenvalue weighted by molar-refractivity contribution is 5.83. The molecule has 3 aromatic carbocycles. The van der Waals surface area contributed by atoms with E-state index in [9.17, 15) is 9.59 Å². The molecule has 0 aliphatic rings. The second-order valence-corrected chi connectivity index (χ2v) is 6.57. The summed E-state index contributed by atoms with van der Waals surface area (Å²) in [5.74, 6) is -0.664. The summed E-state index contributed by atoms with van der Waals surface area (Å²) in [7, 11) is 0. The van der Waals surface area contributed by atoms with Gasteiger partial charge in [0.2, 0.25) is 5.91 Å². The SMILES string of the molecule is N#Cc1ccccc1OCC(=O)NNC(=O)CC(c1ccccc1)c1ccccc1. The first-order valence-corrected chi connectivity index (χ1v) is 9.47. The number of para-hydroxylation sites is 1. The zero-order valence-corrected chi connectivity index (χ0v) is 16.2. The van der Waals surface area contributed by atoms with Gasteiger partial charge in [0.25, 0.3) is 5.91 Å². The van der Waals surface area contributed by atoms with Crippen molar-refractivity contribution in [2.45, 2.75) is 12.3 Å². The minimum atomic E-state index is -0.521. The van der Waals surface area contributed by atoms with E-state index in [-0.39, 0.29) is 24.9 Å². The van der Waals surface area contributed by atoms with Gasteiger partial charge >= 0.3 is 0 Å². The number of hydrazine groups is 1. The highest BCUT2D eigenvalue weighted by Gasteiger charge is 2.18. The molecule has 6 heteroatoms. The van der Waals surface area contributed by atoms with Crippen LogP contribution in [0.5, 0.6) is 5.75 Å². The molecule has 0 saturated heterocycles. The van der Waals surface area contributed by atoms with Gasteiger partial charge in [-0.2, -0.15) is 5.26 Å². The third-order valence-corrected chi connectivity index (χ3v) is 4.50. The molecule has 0 saturated carbocycles. The maximum absolute atomic E-state index is 12.5. The van der Waals surface area contributed by atoms with Crippen LogP contribution < -0.4 is 15.6 Å². The average molecular weight is 399 g/mol.